The molecular formula is C24H30O3Si. The first-order valence-corrected chi connectivity index (χ1v) is 11.5. The molecule has 0 spiro atoms. The Morgan fingerprint density at radius 3 is 1.93 bits per heavy atom. The van der Waals surface area contributed by atoms with Crippen molar-refractivity contribution in [3.63, 3.8) is 0 Å². The van der Waals surface area contributed by atoms with Crippen LogP contribution in [0, 0.1) is 0 Å². The second-order valence-electron chi connectivity index (χ2n) is 7.86. The highest BCUT2D eigenvalue weighted by Gasteiger charge is 2.51. The highest BCUT2D eigenvalue weighted by atomic mass is 28.4. The average Bonchev–Trinajstić information content (AvgIpc) is 2.68. The number of carboxylic acids is 1. The maximum Gasteiger partial charge on any atom is 0.307 e. The van der Waals surface area contributed by atoms with Crippen LogP contribution in [0.5, 0.6) is 0 Å². The molecule has 0 aromatic heterocycles. The quantitative estimate of drug-likeness (QED) is 0.502. The van der Waals surface area contributed by atoms with Gasteiger partial charge in [-0.2, -0.15) is 0 Å². The molecule has 0 aliphatic heterocycles. The van der Waals surface area contributed by atoms with E-state index in [9.17, 15) is 4.79 Å². The maximum absolute atomic E-state index is 10.7. The lowest BCUT2D eigenvalue weighted by atomic mass is 10.2. The lowest BCUT2D eigenvalue weighted by Crippen LogP contribution is -2.67. The molecule has 0 heterocycles. The third-order valence-electron chi connectivity index (χ3n) is 4.84. The van der Waals surface area contributed by atoms with E-state index in [0.717, 1.165) is 0 Å². The second-order valence-corrected chi connectivity index (χ2v) is 12.1. The normalized spacial score (nSPS) is 13.4. The van der Waals surface area contributed by atoms with E-state index in [1.54, 1.807) is 6.08 Å². The Bertz CT molecular complexity index is 752. The zero-order valence-corrected chi connectivity index (χ0v) is 18.0. The van der Waals surface area contributed by atoms with Gasteiger partial charge in [-0.25, -0.2) is 0 Å². The molecule has 4 heteroatoms. The average molecular weight is 395 g/mol. The van der Waals surface area contributed by atoms with Crippen molar-refractivity contribution in [2.75, 3.05) is 0 Å². The molecule has 0 aliphatic rings. The van der Waals surface area contributed by atoms with Crippen LogP contribution in [0.2, 0.25) is 5.04 Å². The van der Waals surface area contributed by atoms with Gasteiger partial charge in [0.15, 0.2) is 0 Å². The summed E-state index contributed by atoms with van der Waals surface area (Å²) in [5, 5.41) is 11.2. The van der Waals surface area contributed by atoms with E-state index in [1.807, 2.05) is 24.3 Å². The van der Waals surface area contributed by atoms with Crippen molar-refractivity contribution in [1.29, 1.82) is 0 Å². The SMILES string of the molecule is C=CC(C/C=C/CC(=O)O)O[Si](c1ccccc1)(c1ccccc1)C(C)(C)C. The van der Waals surface area contributed by atoms with Crippen LogP contribution in [-0.4, -0.2) is 25.5 Å². The molecule has 28 heavy (non-hydrogen) atoms. The molecule has 0 amide bonds. The Labute approximate surface area is 169 Å². The van der Waals surface area contributed by atoms with Gasteiger partial charge in [-0.3, -0.25) is 4.79 Å². The molecule has 1 atom stereocenters. The molecule has 0 saturated carbocycles. The molecule has 0 bridgehead atoms. The van der Waals surface area contributed by atoms with Crippen molar-refractivity contribution in [2.24, 2.45) is 0 Å². The number of hydrogen-bond acceptors (Lipinski definition) is 2. The van der Waals surface area contributed by atoms with Gasteiger partial charge in [-0.15, -0.1) is 6.58 Å². The van der Waals surface area contributed by atoms with E-state index >= 15 is 0 Å². The molecular weight excluding hydrogens is 364 g/mol. The highest BCUT2D eigenvalue weighted by Crippen LogP contribution is 2.37. The fourth-order valence-corrected chi connectivity index (χ4v) is 8.19. The van der Waals surface area contributed by atoms with Crippen molar-refractivity contribution in [3.05, 3.63) is 85.5 Å². The van der Waals surface area contributed by atoms with Gasteiger partial charge in [0.25, 0.3) is 8.32 Å². The van der Waals surface area contributed by atoms with E-state index in [2.05, 4.69) is 75.9 Å². The van der Waals surface area contributed by atoms with Crippen molar-refractivity contribution < 1.29 is 14.3 Å². The summed E-state index contributed by atoms with van der Waals surface area (Å²) in [6.45, 7) is 10.7. The Morgan fingerprint density at radius 1 is 1.04 bits per heavy atom. The number of benzene rings is 2. The van der Waals surface area contributed by atoms with Gasteiger partial charge in [-0.1, -0.05) is 99.7 Å². The summed E-state index contributed by atoms with van der Waals surface area (Å²) >= 11 is 0. The predicted octanol–water partition coefficient (Wildman–Crippen LogP) is 4.54. The Hall–Kier alpha value is -2.43. The number of rotatable bonds is 9. The largest absolute Gasteiger partial charge is 0.481 e. The van der Waals surface area contributed by atoms with E-state index in [0.29, 0.717) is 6.42 Å². The van der Waals surface area contributed by atoms with Crippen LogP contribution in [0.4, 0.5) is 0 Å². The van der Waals surface area contributed by atoms with Gasteiger partial charge >= 0.3 is 5.97 Å². The minimum Gasteiger partial charge on any atom is -0.481 e. The molecule has 1 N–H and O–H groups in total. The van der Waals surface area contributed by atoms with Crippen LogP contribution in [0.3, 0.4) is 0 Å². The molecule has 0 aliphatic carbocycles. The summed E-state index contributed by atoms with van der Waals surface area (Å²) in [4.78, 5) is 10.7. The fourth-order valence-electron chi connectivity index (χ4n) is 3.53. The summed E-state index contributed by atoms with van der Waals surface area (Å²) in [6, 6.07) is 20.9. The summed E-state index contributed by atoms with van der Waals surface area (Å²) < 4.78 is 6.95. The van der Waals surface area contributed by atoms with Crippen molar-refractivity contribution in [1.82, 2.24) is 0 Å². The molecule has 2 aromatic carbocycles. The second kappa shape index (κ2) is 9.67. The zero-order valence-electron chi connectivity index (χ0n) is 17.0. The summed E-state index contributed by atoms with van der Waals surface area (Å²) in [6.07, 6.45) is 5.79. The van der Waals surface area contributed by atoms with Crippen LogP contribution < -0.4 is 10.4 Å². The van der Waals surface area contributed by atoms with E-state index in [-0.39, 0.29) is 17.6 Å². The van der Waals surface area contributed by atoms with Gasteiger partial charge in [0.05, 0.1) is 12.5 Å². The van der Waals surface area contributed by atoms with Gasteiger partial charge in [0.1, 0.15) is 0 Å². The lowest BCUT2D eigenvalue weighted by molar-refractivity contribution is -0.136. The molecule has 0 radical (unpaired) electrons. The standard InChI is InChI=1S/C24H30O3Si/c1-5-20(14-12-13-19-23(25)26)27-28(24(2,3)4,21-15-8-6-9-16-21)22-17-10-7-11-18-22/h5-13,15-18,20H,1,14,19H2,2-4H3,(H,25,26)/b13-12+. The molecule has 0 fully saturated rings. The summed E-state index contributed by atoms with van der Waals surface area (Å²) in [5.74, 6) is -0.834. The number of carboxylic acid groups (broad SMARTS) is 1. The fraction of sp³-hybridized carbons (Fsp3) is 0.292. The third-order valence-corrected chi connectivity index (χ3v) is 9.90. The van der Waals surface area contributed by atoms with Crippen LogP contribution in [0.15, 0.2) is 85.5 Å². The lowest BCUT2D eigenvalue weighted by Gasteiger charge is -2.44. The topological polar surface area (TPSA) is 46.5 Å². The third kappa shape index (κ3) is 5.09. The minimum atomic E-state index is -2.64. The molecule has 0 saturated heterocycles. The molecule has 148 valence electrons. The Morgan fingerprint density at radius 2 is 1.54 bits per heavy atom. The van der Waals surface area contributed by atoms with Gasteiger partial charge in [-0.05, 0) is 21.8 Å². The Balaban J connectivity index is 2.50. The van der Waals surface area contributed by atoms with Gasteiger partial charge < -0.3 is 9.53 Å². The zero-order chi connectivity index (χ0) is 20.6. The summed E-state index contributed by atoms with van der Waals surface area (Å²) in [7, 11) is -2.64. The number of aliphatic carboxylic acids is 1. The monoisotopic (exact) mass is 394 g/mol. The van der Waals surface area contributed by atoms with E-state index in [4.69, 9.17) is 9.53 Å². The Kier molecular flexibility index (Phi) is 7.55. The van der Waals surface area contributed by atoms with Crippen LogP contribution in [0.1, 0.15) is 33.6 Å². The van der Waals surface area contributed by atoms with Crippen LogP contribution in [0.25, 0.3) is 0 Å². The molecule has 2 aromatic rings. The van der Waals surface area contributed by atoms with E-state index in [1.165, 1.54) is 10.4 Å². The van der Waals surface area contributed by atoms with Crippen molar-refractivity contribution in [3.8, 4) is 0 Å². The van der Waals surface area contributed by atoms with Crippen molar-refractivity contribution >= 4 is 24.7 Å². The first-order chi connectivity index (χ1) is 13.3. The summed E-state index contributed by atoms with van der Waals surface area (Å²) in [5.41, 5.74) is 0. The number of carbonyl (C=O) groups is 1. The van der Waals surface area contributed by atoms with Gasteiger partial charge in [0.2, 0.25) is 0 Å². The minimum absolute atomic E-state index is 0.0169. The number of hydrogen-bond donors (Lipinski definition) is 1. The van der Waals surface area contributed by atoms with E-state index < -0.39 is 14.3 Å². The molecule has 3 nitrogen and oxygen atoms in total. The molecule has 1 unspecified atom stereocenters. The first kappa shape index (κ1) is 21.9. The predicted molar refractivity (Wildman–Crippen MR) is 119 cm³/mol. The van der Waals surface area contributed by atoms with Gasteiger partial charge in [0, 0.05) is 0 Å². The smallest absolute Gasteiger partial charge is 0.307 e. The highest BCUT2D eigenvalue weighted by molar-refractivity contribution is 6.99. The van der Waals surface area contributed by atoms with Crippen LogP contribution >= 0.6 is 0 Å². The first-order valence-electron chi connectivity index (χ1n) is 9.59. The molecule has 2 rings (SSSR count). The van der Waals surface area contributed by atoms with Crippen LogP contribution in [-0.2, 0) is 9.22 Å². The maximum atomic E-state index is 10.7. The van der Waals surface area contributed by atoms with Crippen molar-refractivity contribution in [2.45, 2.75) is 44.8 Å².